The van der Waals surface area contributed by atoms with Gasteiger partial charge in [0.15, 0.2) is 0 Å². The minimum atomic E-state index is -3.58. The second-order valence-electron chi connectivity index (χ2n) is 5.28. The molecule has 0 saturated heterocycles. The summed E-state index contributed by atoms with van der Waals surface area (Å²) in [6, 6.07) is 4.32. The van der Waals surface area contributed by atoms with Gasteiger partial charge in [-0.05, 0) is 37.5 Å². The van der Waals surface area contributed by atoms with Crippen LogP contribution in [0, 0.1) is 5.92 Å². The molecule has 0 heterocycles. The SMILES string of the molecule is COc1ccc(S(=O)(=O)NC(C)CC(C)C)cc1CO. The Balaban J connectivity index is 2.98. The van der Waals surface area contributed by atoms with Gasteiger partial charge < -0.3 is 9.84 Å². The summed E-state index contributed by atoms with van der Waals surface area (Å²) in [6.45, 7) is 5.66. The van der Waals surface area contributed by atoms with Gasteiger partial charge in [-0.25, -0.2) is 13.1 Å². The van der Waals surface area contributed by atoms with Crippen molar-refractivity contribution in [1.82, 2.24) is 4.72 Å². The van der Waals surface area contributed by atoms with E-state index in [1.54, 1.807) is 6.07 Å². The van der Waals surface area contributed by atoms with Crippen LogP contribution in [0.15, 0.2) is 23.1 Å². The molecule has 0 aliphatic carbocycles. The molecule has 0 fully saturated rings. The van der Waals surface area contributed by atoms with Gasteiger partial charge in [-0.2, -0.15) is 0 Å². The van der Waals surface area contributed by atoms with Crippen molar-refractivity contribution in [1.29, 1.82) is 0 Å². The maximum atomic E-state index is 12.3. The average molecular weight is 301 g/mol. The lowest BCUT2D eigenvalue weighted by Gasteiger charge is -2.17. The van der Waals surface area contributed by atoms with Crippen molar-refractivity contribution in [3.05, 3.63) is 23.8 Å². The molecule has 6 heteroatoms. The summed E-state index contributed by atoms with van der Waals surface area (Å²) in [6.07, 6.45) is 0.766. The van der Waals surface area contributed by atoms with E-state index in [2.05, 4.69) is 4.72 Å². The standard InChI is InChI=1S/C14H23NO4S/c1-10(2)7-11(3)15-20(17,18)13-5-6-14(19-4)12(8-13)9-16/h5-6,8,10-11,15-16H,7,9H2,1-4H3. The minimum Gasteiger partial charge on any atom is -0.496 e. The molecule has 0 aromatic heterocycles. The Morgan fingerprint density at radius 3 is 2.45 bits per heavy atom. The molecule has 1 atom stereocenters. The van der Waals surface area contributed by atoms with E-state index in [-0.39, 0.29) is 17.5 Å². The molecule has 20 heavy (non-hydrogen) atoms. The van der Waals surface area contributed by atoms with Crippen LogP contribution in [0.3, 0.4) is 0 Å². The average Bonchev–Trinajstić information content (AvgIpc) is 2.36. The van der Waals surface area contributed by atoms with Crippen LogP contribution in [0.2, 0.25) is 0 Å². The van der Waals surface area contributed by atoms with Crippen molar-refractivity contribution in [2.45, 2.75) is 44.7 Å². The number of nitrogens with one attached hydrogen (secondary N) is 1. The number of benzene rings is 1. The molecular weight excluding hydrogens is 278 g/mol. The van der Waals surface area contributed by atoms with Gasteiger partial charge in [0.25, 0.3) is 0 Å². The van der Waals surface area contributed by atoms with Crippen molar-refractivity contribution in [2.24, 2.45) is 5.92 Å². The molecule has 1 aromatic rings. The minimum absolute atomic E-state index is 0.137. The molecule has 0 amide bonds. The molecule has 5 nitrogen and oxygen atoms in total. The molecule has 0 bridgehead atoms. The fraction of sp³-hybridized carbons (Fsp3) is 0.571. The summed E-state index contributed by atoms with van der Waals surface area (Å²) in [5.74, 6) is 0.887. The van der Waals surface area contributed by atoms with E-state index in [9.17, 15) is 13.5 Å². The zero-order chi connectivity index (χ0) is 15.3. The molecule has 2 N–H and O–H groups in total. The van der Waals surface area contributed by atoms with Crippen molar-refractivity contribution >= 4 is 10.0 Å². The van der Waals surface area contributed by atoms with Gasteiger partial charge in [-0.15, -0.1) is 0 Å². The number of ether oxygens (including phenoxy) is 1. The summed E-state index contributed by atoms with van der Waals surface area (Å²) >= 11 is 0. The quantitative estimate of drug-likeness (QED) is 0.806. The third-order valence-electron chi connectivity index (χ3n) is 2.91. The fourth-order valence-corrected chi connectivity index (χ4v) is 3.44. The van der Waals surface area contributed by atoms with Gasteiger partial charge in [0, 0.05) is 11.6 Å². The van der Waals surface area contributed by atoms with Crippen LogP contribution in [-0.2, 0) is 16.6 Å². The van der Waals surface area contributed by atoms with E-state index in [1.807, 2.05) is 20.8 Å². The van der Waals surface area contributed by atoms with Crippen LogP contribution in [-0.4, -0.2) is 26.7 Å². The van der Waals surface area contributed by atoms with Gasteiger partial charge in [0.1, 0.15) is 5.75 Å². The Hall–Kier alpha value is -1.11. The molecule has 114 valence electrons. The fourth-order valence-electron chi connectivity index (χ4n) is 2.13. The van der Waals surface area contributed by atoms with E-state index < -0.39 is 10.0 Å². The van der Waals surface area contributed by atoms with Crippen molar-refractivity contribution in [2.75, 3.05) is 7.11 Å². The summed E-state index contributed by atoms with van der Waals surface area (Å²) in [5, 5.41) is 9.25. The third kappa shape index (κ3) is 4.47. The van der Waals surface area contributed by atoms with Crippen LogP contribution in [0.4, 0.5) is 0 Å². The van der Waals surface area contributed by atoms with Crippen molar-refractivity contribution in [3.63, 3.8) is 0 Å². The Labute approximate surface area is 121 Å². The highest BCUT2D eigenvalue weighted by Gasteiger charge is 2.19. The number of aliphatic hydroxyl groups excluding tert-OH is 1. The Kier molecular flexibility index (Phi) is 5.98. The van der Waals surface area contributed by atoms with Gasteiger partial charge in [-0.1, -0.05) is 13.8 Å². The van der Waals surface area contributed by atoms with E-state index in [0.717, 1.165) is 6.42 Å². The highest BCUT2D eigenvalue weighted by molar-refractivity contribution is 7.89. The molecular formula is C14H23NO4S. The van der Waals surface area contributed by atoms with Crippen molar-refractivity contribution < 1.29 is 18.3 Å². The summed E-state index contributed by atoms with van der Waals surface area (Å²) < 4.78 is 32.2. The second-order valence-corrected chi connectivity index (χ2v) is 7.00. The summed E-state index contributed by atoms with van der Waals surface area (Å²) in [5.41, 5.74) is 0.451. The first-order valence-corrected chi connectivity index (χ1v) is 8.08. The molecule has 0 aliphatic heterocycles. The summed E-state index contributed by atoms with van der Waals surface area (Å²) in [4.78, 5) is 0.137. The summed E-state index contributed by atoms with van der Waals surface area (Å²) in [7, 11) is -2.10. The predicted molar refractivity (Wildman–Crippen MR) is 78.2 cm³/mol. The first-order valence-electron chi connectivity index (χ1n) is 6.60. The lowest BCUT2D eigenvalue weighted by Crippen LogP contribution is -2.33. The van der Waals surface area contributed by atoms with Crippen LogP contribution in [0.1, 0.15) is 32.8 Å². The van der Waals surface area contributed by atoms with E-state index in [4.69, 9.17) is 4.74 Å². The molecule has 0 aliphatic rings. The molecule has 0 saturated carbocycles. The molecule has 1 aromatic carbocycles. The largest absolute Gasteiger partial charge is 0.496 e. The monoisotopic (exact) mass is 301 g/mol. The lowest BCUT2D eigenvalue weighted by atomic mass is 10.1. The first kappa shape index (κ1) is 16.9. The van der Waals surface area contributed by atoms with Gasteiger partial charge in [0.2, 0.25) is 10.0 Å². The van der Waals surface area contributed by atoms with E-state index in [0.29, 0.717) is 17.2 Å². The molecule has 1 rings (SSSR count). The number of hydrogen-bond acceptors (Lipinski definition) is 4. The number of aliphatic hydroxyl groups is 1. The van der Waals surface area contributed by atoms with Crippen LogP contribution < -0.4 is 9.46 Å². The van der Waals surface area contributed by atoms with Crippen LogP contribution in [0.25, 0.3) is 0 Å². The van der Waals surface area contributed by atoms with Gasteiger partial charge in [0.05, 0.1) is 18.6 Å². The van der Waals surface area contributed by atoms with Crippen LogP contribution >= 0.6 is 0 Å². The second kappa shape index (κ2) is 7.06. The third-order valence-corrected chi connectivity index (χ3v) is 4.50. The van der Waals surface area contributed by atoms with Gasteiger partial charge in [-0.3, -0.25) is 0 Å². The Morgan fingerprint density at radius 1 is 1.30 bits per heavy atom. The molecule has 0 spiro atoms. The van der Waals surface area contributed by atoms with E-state index >= 15 is 0 Å². The van der Waals surface area contributed by atoms with E-state index in [1.165, 1.54) is 19.2 Å². The first-order chi connectivity index (χ1) is 9.30. The Morgan fingerprint density at radius 2 is 1.95 bits per heavy atom. The zero-order valence-corrected chi connectivity index (χ0v) is 13.2. The normalized spacial score (nSPS) is 13.5. The number of rotatable bonds is 7. The highest BCUT2D eigenvalue weighted by atomic mass is 32.2. The van der Waals surface area contributed by atoms with Gasteiger partial charge >= 0.3 is 0 Å². The smallest absolute Gasteiger partial charge is 0.240 e. The predicted octanol–water partition coefficient (Wildman–Crippen LogP) is 1.90. The Bertz CT molecular complexity index is 540. The molecule has 0 radical (unpaired) electrons. The maximum absolute atomic E-state index is 12.3. The number of hydrogen-bond donors (Lipinski definition) is 2. The lowest BCUT2D eigenvalue weighted by molar-refractivity contribution is 0.273. The molecule has 1 unspecified atom stereocenters. The maximum Gasteiger partial charge on any atom is 0.240 e. The van der Waals surface area contributed by atoms with Crippen molar-refractivity contribution in [3.8, 4) is 5.75 Å². The highest BCUT2D eigenvalue weighted by Crippen LogP contribution is 2.22. The van der Waals surface area contributed by atoms with Crippen LogP contribution in [0.5, 0.6) is 5.75 Å². The number of methoxy groups -OCH3 is 1. The zero-order valence-electron chi connectivity index (χ0n) is 12.4. The topological polar surface area (TPSA) is 75.6 Å². The number of sulfonamides is 1.